The maximum absolute atomic E-state index is 11.9. The average molecular weight is 442 g/mol. The van der Waals surface area contributed by atoms with Crippen molar-refractivity contribution in [3.63, 3.8) is 0 Å². The minimum atomic E-state index is -0.488. The number of alkyl carbamates (subject to hydrolysis) is 1. The molecule has 0 radical (unpaired) electrons. The molecule has 0 aliphatic rings. The van der Waals surface area contributed by atoms with Crippen molar-refractivity contribution in [3.8, 4) is 0 Å². The van der Waals surface area contributed by atoms with Crippen LogP contribution in [-0.2, 0) is 4.74 Å². The molecule has 0 aliphatic heterocycles. The van der Waals surface area contributed by atoms with Crippen LogP contribution in [-0.4, -0.2) is 42.8 Å². The van der Waals surface area contributed by atoms with Crippen molar-refractivity contribution in [2.75, 3.05) is 13.6 Å². The molecule has 138 valence electrons. The molecular formula is C16H35IN4O2. The smallest absolute Gasteiger partial charge is 0.407 e. The first kappa shape index (κ1) is 24.5. The van der Waals surface area contributed by atoms with E-state index in [4.69, 9.17) is 4.74 Å². The second kappa shape index (κ2) is 10.9. The Kier molecular flexibility index (Phi) is 11.7. The van der Waals surface area contributed by atoms with E-state index < -0.39 is 5.60 Å². The molecule has 0 aliphatic carbocycles. The first-order chi connectivity index (χ1) is 9.96. The molecule has 0 bridgehead atoms. The zero-order chi connectivity index (χ0) is 17.4. The lowest BCUT2D eigenvalue weighted by atomic mass is 10.1. The highest BCUT2D eigenvalue weighted by molar-refractivity contribution is 14.0. The lowest BCUT2D eigenvalue weighted by Gasteiger charge is -2.26. The summed E-state index contributed by atoms with van der Waals surface area (Å²) in [6.45, 7) is 14.5. The van der Waals surface area contributed by atoms with E-state index in [0.29, 0.717) is 6.54 Å². The quantitative estimate of drug-likeness (QED) is 0.347. The van der Waals surface area contributed by atoms with Crippen molar-refractivity contribution >= 4 is 36.0 Å². The van der Waals surface area contributed by atoms with E-state index in [1.165, 1.54) is 0 Å². The van der Waals surface area contributed by atoms with Crippen LogP contribution in [0.25, 0.3) is 0 Å². The number of hydrogen-bond acceptors (Lipinski definition) is 3. The van der Waals surface area contributed by atoms with Gasteiger partial charge in [-0.1, -0.05) is 13.3 Å². The number of halogens is 1. The maximum atomic E-state index is 11.9. The average Bonchev–Trinajstić information content (AvgIpc) is 2.30. The van der Waals surface area contributed by atoms with Gasteiger partial charge in [0.25, 0.3) is 0 Å². The SMILES string of the molecule is CCCC(CNC(=NC)NC(C)(C)C)NC(=O)OC(C)(C)C.I. The molecule has 1 atom stereocenters. The number of nitrogens with zero attached hydrogens (tertiary/aromatic N) is 1. The molecule has 3 N–H and O–H groups in total. The summed E-state index contributed by atoms with van der Waals surface area (Å²) in [4.78, 5) is 16.1. The molecule has 7 heteroatoms. The van der Waals surface area contributed by atoms with Crippen LogP contribution in [0.4, 0.5) is 4.79 Å². The van der Waals surface area contributed by atoms with Gasteiger partial charge in [0.2, 0.25) is 0 Å². The van der Waals surface area contributed by atoms with Gasteiger partial charge in [0.05, 0.1) is 0 Å². The number of rotatable bonds is 5. The summed E-state index contributed by atoms with van der Waals surface area (Å²) in [6.07, 6.45) is 1.47. The fraction of sp³-hybridized carbons (Fsp3) is 0.875. The number of nitrogens with one attached hydrogen (secondary N) is 3. The molecule has 0 saturated carbocycles. The van der Waals surface area contributed by atoms with Crippen LogP contribution in [0.1, 0.15) is 61.3 Å². The Labute approximate surface area is 158 Å². The predicted octanol–water partition coefficient (Wildman–Crippen LogP) is 3.26. The topological polar surface area (TPSA) is 74.8 Å². The lowest BCUT2D eigenvalue weighted by molar-refractivity contribution is 0.0502. The van der Waals surface area contributed by atoms with Crippen molar-refractivity contribution in [3.05, 3.63) is 0 Å². The molecule has 0 rings (SSSR count). The van der Waals surface area contributed by atoms with Gasteiger partial charge in [-0.3, -0.25) is 4.99 Å². The van der Waals surface area contributed by atoms with Gasteiger partial charge >= 0.3 is 6.09 Å². The van der Waals surface area contributed by atoms with Crippen LogP contribution in [0, 0.1) is 0 Å². The molecule has 0 spiro atoms. The lowest BCUT2D eigenvalue weighted by Crippen LogP contribution is -2.52. The summed E-state index contributed by atoms with van der Waals surface area (Å²) in [5.41, 5.74) is -0.557. The van der Waals surface area contributed by atoms with Gasteiger partial charge in [0.1, 0.15) is 5.60 Å². The first-order valence-electron chi connectivity index (χ1n) is 7.95. The zero-order valence-corrected chi connectivity index (χ0v) is 18.2. The third-order valence-corrected chi connectivity index (χ3v) is 2.59. The second-order valence-electron chi connectivity index (χ2n) is 7.46. The van der Waals surface area contributed by atoms with Crippen LogP contribution in [0.15, 0.2) is 4.99 Å². The van der Waals surface area contributed by atoms with Crippen molar-refractivity contribution in [1.29, 1.82) is 0 Å². The van der Waals surface area contributed by atoms with E-state index in [-0.39, 0.29) is 41.7 Å². The van der Waals surface area contributed by atoms with E-state index in [1.54, 1.807) is 7.05 Å². The largest absolute Gasteiger partial charge is 0.444 e. The Hall–Kier alpha value is -0.730. The Morgan fingerprint density at radius 1 is 1.17 bits per heavy atom. The number of amides is 1. The number of carbonyl (C=O) groups is 1. The van der Waals surface area contributed by atoms with Gasteiger partial charge < -0.3 is 20.7 Å². The van der Waals surface area contributed by atoms with Crippen LogP contribution < -0.4 is 16.0 Å². The van der Waals surface area contributed by atoms with Crippen molar-refractivity contribution in [1.82, 2.24) is 16.0 Å². The zero-order valence-electron chi connectivity index (χ0n) is 15.9. The van der Waals surface area contributed by atoms with E-state index in [9.17, 15) is 4.79 Å². The molecule has 6 nitrogen and oxygen atoms in total. The molecule has 1 amide bonds. The van der Waals surface area contributed by atoms with E-state index in [0.717, 1.165) is 18.8 Å². The number of guanidine groups is 1. The van der Waals surface area contributed by atoms with Crippen molar-refractivity contribution in [2.45, 2.75) is 78.5 Å². The number of aliphatic imine (C=N–C) groups is 1. The highest BCUT2D eigenvalue weighted by atomic mass is 127. The molecule has 0 aromatic heterocycles. The van der Waals surface area contributed by atoms with Gasteiger partial charge in [-0.2, -0.15) is 0 Å². The van der Waals surface area contributed by atoms with Gasteiger partial charge in [-0.15, -0.1) is 24.0 Å². The Morgan fingerprint density at radius 3 is 2.13 bits per heavy atom. The normalized spacial score (nSPS) is 13.7. The molecule has 0 fully saturated rings. The molecule has 1 unspecified atom stereocenters. The first-order valence-corrected chi connectivity index (χ1v) is 7.95. The van der Waals surface area contributed by atoms with Crippen LogP contribution in [0.3, 0.4) is 0 Å². The van der Waals surface area contributed by atoms with Gasteiger partial charge in [-0.05, 0) is 48.0 Å². The molecule has 0 heterocycles. The maximum Gasteiger partial charge on any atom is 0.407 e. The van der Waals surface area contributed by atoms with Crippen LogP contribution in [0.5, 0.6) is 0 Å². The number of ether oxygens (including phenoxy) is 1. The molecule has 0 aromatic carbocycles. The Morgan fingerprint density at radius 2 is 1.74 bits per heavy atom. The minimum absolute atomic E-state index is 0. The Bertz CT molecular complexity index is 373. The highest BCUT2D eigenvalue weighted by Crippen LogP contribution is 2.07. The van der Waals surface area contributed by atoms with Crippen LogP contribution >= 0.6 is 24.0 Å². The predicted molar refractivity (Wildman–Crippen MR) is 108 cm³/mol. The third kappa shape index (κ3) is 14.6. The van der Waals surface area contributed by atoms with Crippen LogP contribution in [0.2, 0.25) is 0 Å². The number of hydrogen-bond donors (Lipinski definition) is 3. The minimum Gasteiger partial charge on any atom is -0.444 e. The summed E-state index contributed by atoms with van der Waals surface area (Å²) in [5, 5.41) is 9.45. The summed E-state index contributed by atoms with van der Waals surface area (Å²) in [7, 11) is 1.73. The molecule has 0 aromatic rings. The fourth-order valence-corrected chi connectivity index (χ4v) is 1.80. The van der Waals surface area contributed by atoms with E-state index >= 15 is 0 Å². The summed E-state index contributed by atoms with van der Waals surface area (Å²) in [5.74, 6) is 0.722. The Balaban J connectivity index is 0. The molecule has 0 saturated heterocycles. The monoisotopic (exact) mass is 442 g/mol. The molecule has 23 heavy (non-hydrogen) atoms. The summed E-state index contributed by atoms with van der Waals surface area (Å²) >= 11 is 0. The van der Waals surface area contributed by atoms with Gasteiger partial charge in [0.15, 0.2) is 5.96 Å². The fourth-order valence-electron chi connectivity index (χ4n) is 1.80. The van der Waals surface area contributed by atoms with Crippen molar-refractivity contribution < 1.29 is 9.53 Å². The van der Waals surface area contributed by atoms with Gasteiger partial charge in [0, 0.05) is 25.2 Å². The summed E-state index contributed by atoms with van der Waals surface area (Å²) < 4.78 is 5.30. The standard InChI is InChI=1S/C16H34N4O2.HI/c1-9-10-12(19-14(21)22-16(5,6)7)11-18-13(17-8)20-15(2,3)4;/h12H,9-11H2,1-8H3,(H,19,21)(H2,17,18,20);1H. The van der Waals surface area contributed by atoms with Crippen molar-refractivity contribution in [2.24, 2.45) is 4.99 Å². The number of carbonyl (C=O) groups excluding carboxylic acids is 1. The van der Waals surface area contributed by atoms with E-state index in [1.807, 2.05) is 20.8 Å². The third-order valence-electron chi connectivity index (χ3n) is 2.59. The molecular weight excluding hydrogens is 407 g/mol. The highest BCUT2D eigenvalue weighted by Gasteiger charge is 2.20. The second-order valence-corrected chi connectivity index (χ2v) is 7.46. The van der Waals surface area contributed by atoms with E-state index in [2.05, 4.69) is 48.6 Å². The summed E-state index contributed by atoms with van der Waals surface area (Å²) in [6, 6.07) is -0.00151. The van der Waals surface area contributed by atoms with Gasteiger partial charge in [-0.25, -0.2) is 4.79 Å².